The van der Waals surface area contributed by atoms with E-state index in [4.69, 9.17) is 0 Å². The molecule has 1 aliphatic rings. The summed E-state index contributed by atoms with van der Waals surface area (Å²) >= 11 is 0. The highest BCUT2D eigenvalue weighted by molar-refractivity contribution is 5.85. The number of halogens is 4. The van der Waals surface area contributed by atoms with Crippen molar-refractivity contribution in [1.29, 1.82) is 0 Å². The second kappa shape index (κ2) is 5.63. The molecule has 2 unspecified atom stereocenters. The summed E-state index contributed by atoms with van der Waals surface area (Å²) in [6, 6.07) is 4.54. The summed E-state index contributed by atoms with van der Waals surface area (Å²) in [5, 5.41) is 2.87. The molecule has 0 bridgehead atoms. The predicted octanol–water partition coefficient (Wildman–Crippen LogP) is 2.84. The van der Waals surface area contributed by atoms with Crippen molar-refractivity contribution in [3.8, 4) is 0 Å². The van der Waals surface area contributed by atoms with Crippen molar-refractivity contribution in [3.63, 3.8) is 0 Å². The van der Waals surface area contributed by atoms with E-state index in [1.165, 1.54) is 18.2 Å². The largest absolute Gasteiger partial charge is 0.406 e. The standard InChI is InChI=1S/C14H16F4N2O/c1-8(2)11-13(21)20(7-14(16,17)18)12(19-11)9-4-3-5-10(15)6-9/h3-6,8,11-12,19H,7H2,1-2H3. The van der Waals surface area contributed by atoms with Gasteiger partial charge in [-0.25, -0.2) is 4.39 Å². The minimum atomic E-state index is -4.51. The van der Waals surface area contributed by atoms with Crippen molar-refractivity contribution in [1.82, 2.24) is 10.2 Å². The molecule has 0 spiro atoms. The van der Waals surface area contributed by atoms with Gasteiger partial charge in [-0.3, -0.25) is 10.1 Å². The molecule has 7 heteroatoms. The number of hydrogen-bond acceptors (Lipinski definition) is 2. The van der Waals surface area contributed by atoms with Crippen LogP contribution in [0.2, 0.25) is 0 Å². The molecule has 116 valence electrons. The second-order valence-electron chi connectivity index (χ2n) is 5.43. The van der Waals surface area contributed by atoms with Crippen LogP contribution in [0, 0.1) is 11.7 Å². The predicted molar refractivity (Wildman–Crippen MR) is 68.7 cm³/mol. The Morgan fingerprint density at radius 3 is 2.52 bits per heavy atom. The average molecular weight is 304 g/mol. The van der Waals surface area contributed by atoms with E-state index in [0.29, 0.717) is 5.56 Å². The first-order chi connectivity index (χ1) is 9.69. The van der Waals surface area contributed by atoms with Crippen molar-refractivity contribution in [3.05, 3.63) is 35.6 Å². The van der Waals surface area contributed by atoms with Crippen molar-refractivity contribution >= 4 is 5.91 Å². The van der Waals surface area contributed by atoms with Crippen LogP contribution in [0.25, 0.3) is 0 Å². The van der Waals surface area contributed by atoms with Crippen LogP contribution in [-0.4, -0.2) is 29.6 Å². The molecule has 1 fully saturated rings. The number of carbonyl (C=O) groups excluding carboxylic acids is 1. The zero-order valence-electron chi connectivity index (χ0n) is 11.6. The Bertz CT molecular complexity index is 530. The van der Waals surface area contributed by atoms with Gasteiger partial charge in [0.2, 0.25) is 5.91 Å². The van der Waals surface area contributed by atoms with Crippen LogP contribution in [0.1, 0.15) is 25.6 Å². The monoisotopic (exact) mass is 304 g/mol. The van der Waals surface area contributed by atoms with Crippen LogP contribution < -0.4 is 5.32 Å². The first kappa shape index (κ1) is 15.8. The lowest BCUT2D eigenvalue weighted by molar-refractivity contribution is -0.162. The molecule has 0 radical (unpaired) electrons. The van der Waals surface area contributed by atoms with Gasteiger partial charge in [0.1, 0.15) is 18.5 Å². The van der Waals surface area contributed by atoms with Crippen molar-refractivity contribution in [2.75, 3.05) is 6.54 Å². The summed E-state index contributed by atoms with van der Waals surface area (Å²) < 4.78 is 51.3. The number of amides is 1. The van der Waals surface area contributed by atoms with E-state index in [0.717, 1.165) is 11.0 Å². The van der Waals surface area contributed by atoms with Gasteiger partial charge >= 0.3 is 6.18 Å². The third-order valence-corrected chi connectivity index (χ3v) is 3.38. The van der Waals surface area contributed by atoms with Crippen LogP contribution in [0.3, 0.4) is 0 Å². The molecule has 1 heterocycles. The number of nitrogens with one attached hydrogen (secondary N) is 1. The Morgan fingerprint density at radius 1 is 1.33 bits per heavy atom. The van der Waals surface area contributed by atoms with Gasteiger partial charge in [-0.1, -0.05) is 26.0 Å². The fourth-order valence-electron chi connectivity index (χ4n) is 2.43. The topological polar surface area (TPSA) is 32.3 Å². The summed E-state index contributed by atoms with van der Waals surface area (Å²) in [6.07, 6.45) is -5.48. The van der Waals surface area contributed by atoms with E-state index < -0.39 is 36.7 Å². The molecule has 1 aliphatic heterocycles. The van der Waals surface area contributed by atoms with E-state index in [1.807, 2.05) is 0 Å². The van der Waals surface area contributed by atoms with Gasteiger partial charge in [-0.05, 0) is 23.6 Å². The molecule has 3 nitrogen and oxygen atoms in total. The first-order valence-electron chi connectivity index (χ1n) is 6.58. The van der Waals surface area contributed by atoms with Gasteiger partial charge in [0.25, 0.3) is 0 Å². The molecular weight excluding hydrogens is 288 g/mol. The molecule has 1 amide bonds. The third kappa shape index (κ3) is 3.53. The number of alkyl halides is 3. The van der Waals surface area contributed by atoms with E-state index in [9.17, 15) is 22.4 Å². The lowest BCUT2D eigenvalue weighted by atomic mass is 10.1. The van der Waals surface area contributed by atoms with E-state index in [2.05, 4.69) is 5.32 Å². The maximum atomic E-state index is 13.3. The normalized spacial score (nSPS) is 23.2. The summed E-state index contributed by atoms with van der Waals surface area (Å²) in [6.45, 7) is 2.13. The lowest BCUT2D eigenvalue weighted by Crippen LogP contribution is -2.39. The van der Waals surface area contributed by atoms with Crippen LogP contribution >= 0.6 is 0 Å². The summed E-state index contributed by atoms with van der Waals surface area (Å²) in [5.41, 5.74) is 0.302. The van der Waals surface area contributed by atoms with Crippen molar-refractivity contribution in [2.24, 2.45) is 5.92 Å². The van der Waals surface area contributed by atoms with Crippen LogP contribution in [0.5, 0.6) is 0 Å². The highest BCUT2D eigenvalue weighted by Gasteiger charge is 2.45. The first-order valence-corrected chi connectivity index (χ1v) is 6.58. The van der Waals surface area contributed by atoms with Crippen LogP contribution in [-0.2, 0) is 4.79 Å². The average Bonchev–Trinajstić information content (AvgIpc) is 2.65. The minimum absolute atomic E-state index is 0.160. The molecule has 0 aromatic heterocycles. The summed E-state index contributed by atoms with van der Waals surface area (Å²) in [5.74, 6) is -1.33. The fraction of sp³-hybridized carbons (Fsp3) is 0.500. The van der Waals surface area contributed by atoms with Gasteiger partial charge < -0.3 is 4.90 Å². The van der Waals surface area contributed by atoms with Gasteiger partial charge in [0.05, 0.1) is 6.04 Å². The van der Waals surface area contributed by atoms with Crippen LogP contribution in [0.4, 0.5) is 17.6 Å². The Morgan fingerprint density at radius 2 is 2.00 bits per heavy atom. The van der Waals surface area contributed by atoms with E-state index in [-0.39, 0.29) is 5.92 Å². The second-order valence-corrected chi connectivity index (χ2v) is 5.43. The molecule has 0 aliphatic carbocycles. The van der Waals surface area contributed by atoms with Crippen molar-refractivity contribution < 1.29 is 22.4 Å². The summed E-state index contributed by atoms with van der Waals surface area (Å²) in [7, 11) is 0. The Labute approximate surface area is 119 Å². The molecule has 1 aromatic carbocycles. The Hall–Kier alpha value is -1.63. The van der Waals surface area contributed by atoms with Crippen molar-refractivity contribution in [2.45, 2.75) is 32.2 Å². The molecule has 21 heavy (non-hydrogen) atoms. The number of carbonyl (C=O) groups is 1. The number of rotatable bonds is 3. The lowest BCUT2D eigenvalue weighted by Gasteiger charge is -2.25. The van der Waals surface area contributed by atoms with E-state index >= 15 is 0 Å². The smallest absolute Gasteiger partial charge is 0.312 e. The molecule has 2 rings (SSSR count). The summed E-state index contributed by atoms with van der Waals surface area (Å²) in [4.78, 5) is 12.9. The number of hydrogen-bond donors (Lipinski definition) is 1. The SMILES string of the molecule is CC(C)C1NC(c2cccc(F)c2)N(CC(F)(F)F)C1=O. The maximum absolute atomic E-state index is 13.3. The molecule has 2 atom stereocenters. The number of benzene rings is 1. The van der Waals surface area contributed by atoms with Gasteiger partial charge in [-0.15, -0.1) is 0 Å². The third-order valence-electron chi connectivity index (χ3n) is 3.38. The molecule has 1 N–H and O–H groups in total. The van der Waals surface area contributed by atoms with Gasteiger partial charge in [0.15, 0.2) is 0 Å². The highest BCUT2D eigenvalue weighted by Crippen LogP contribution is 2.31. The van der Waals surface area contributed by atoms with Crippen LogP contribution in [0.15, 0.2) is 24.3 Å². The Balaban J connectivity index is 2.34. The van der Waals surface area contributed by atoms with Gasteiger partial charge in [-0.2, -0.15) is 13.2 Å². The fourth-order valence-corrected chi connectivity index (χ4v) is 2.43. The quantitative estimate of drug-likeness (QED) is 0.871. The maximum Gasteiger partial charge on any atom is 0.406 e. The molecule has 1 saturated heterocycles. The minimum Gasteiger partial charge on any atom is -0.312 e. The molecule has 1 aromatic rings. The number of nitrogens with zero attached hydrogens (tertiary/aromatic N) is 1. The van der Waals surface area contributed by atoms with Gasteiger partial charge in [0, 0.05) is 0 Å². The highest BCUT2D eigenvalue weighted by atomic mass is 19.4. The zero-order valence-corrected chi connectivity index (χ0v) is 11.6. The Kier molecular flexibility index (Phi) is 4.22. The molecule has 0 saturated carbocycles. The molecular formula is C14H16F4N2O. The zero-order chi connectivity index (χ0) is 15.8. The van der Waals surface area contributed by atoms with E-state index in [1.54, 1.807) is 13.8 Å².